The van der Waals surface area contributed by atoms with Gasteiger partial charge in [0.2, 0.25) is 0 Å². The fourth-order valence-electron chi connectivity index (χ4n) is 1.33. The van der Waals surface area contributed by atoms with Crippen LogP contribution in [0.1, 0.15) is 20.8 Å². The zero-order valence-corrected chi connectivity index (χ0v) is 9.13. The molecule has 0 aliphatic heterocycles. The van der Waals surface area contributed by atoms with Crippen LogP contribution in [-0.4, -0.2) is 32.4 Å². The van der Waals surface area contributed by atoms with Gasteiger partial charge in [0.1, 0.15) is 5.69 Å². The number of benzene rings is 1. The van der Waals surface area contributed by atoms with Gasteiger partial charge in [0.05, 0.1) is 22.5 Å². The fourth-order valence-corrected chi connectivity index (χ4v) is 1.53. The molecule has 7 heteroatoms. The second-order valence-corrected chi connectivity index (χ2v) is 3.57. The van der Waals surface area contributed by atoms with Gasteiger partial charge >= 0.3 is 5.97 Å². The minimum absolute atomic E-state index is 0.0588. The van der Waals surface area contributed by atoms with Crippen LogP contribution in [0, 0.1) is 0 Å². The van der Waals surface area contributed by atoms with Gasteiger partial charge in [-0.15, -0.1) is 5.10 Å². The summed E-state index contributed by atoms with van der Waals surface area (Å²) in [7, 11) is 0. The van der Waals surface area contributed by atoms with Crippen molar-refractivity contribution in [1.82, 2.24) is 15.0 Å². The standard InChI is InChI=1S/C10H6ClN3O3/c11-9-2-1-6(3-8(9)10(16)17)14-7(5-15)4-12-13-14/h1-5H,(H,16,17). The van der Waals surface area contributed by atoms with Crippen LogP contribution in [-0.2, 0) is 0 Å². The van der Waals surface area contributed by atoms with Gasteiger partial charge in [-0.25, -0.2) is 9.48 Å². The molecule has 1 aromatic heterocycles. The zero-order valence-electron chi connectivity index (χ0n) is 8.37. The van der Waals surface area contributed by atoms with Crippen molar-refractivity contribution < 1.29 is 14.7 Å². The quantitative estimate of drug-likeness (QED) is 0.834. The summed E-state index contributed by atoms with van der Waals surface area (Å²) < 4.78 is 1.23. The third-order valence-electron chi connectivity index (χ3n) is 2.12. The van der Waals surface area contributed by atoms with Gasteiger partial charge in [0.15, 0.2) is 6.29 Å². The first kappa shape index (κ1) is 11.3. The lowest BCUT2D eigenvalue weighted by atomic mass is 10.2. The molecule has 17 heavy (non-hydrogen) atoms. The largest absolute Gasteiger partial charge is 0.478 e. The van der Waals surface area contributed by atoms with Gasteiger partial charge in [0, 0.05) is 0 Å². The van der Waals surface area contributed by atoms with Crippen LogP contribution in [0.4, 0.5) is 0 Å². The van der Waals surface area contributed by atoms with E-state index in [4.69, 9.17) is 16.7 Å². The lowest BCUT2D eigenvalue weighted by Gasteiger charge is -2.04. The van der Waals surface area contributed by atoms with E-state index >= 15 is 0 Å². The van der Waals surface area contributed by atoms with Gasteiger partial charge in [-0.05, 0) is 18.2 Å². The molecule has 0 aliphatic carbocycles. The Hall–Kier alpha value is -2.21. The third kappa shape index (κ3) is 2.02. The summed E-state index contributed by atoms with van der Waals surface area (Å²) in [6, 6.07) is 4.30. The fraction of sp³-hybridized carbons (Fsp3) is 0. The van der Waals surface area contributed by atoms with Gasteiger partial charge in [-0.2, -0.15) is 0 Å². The maximum absolute atomic E-state index is 10.9. The molecular formula is C10H6ClN3O3. The van der Waals surface area contributed by atoms with Crippen LogP contribution in [0.2, 0.25) is 5.02 Å². The topological polar surface area (TPSA) is 85.1 Å². The zero-order chi connectivity index (χ0) is 12.4. The van der Waals surface area contributed by atoms with Crippen LogP contribution in [0.3, 0.4) is 0 Å². The van der Waals surface area contributed by atoms with Crippen molar-refractivity contribution in [2.45, 2.75) is 0 Å². The number of carbonyl (C=O) groups excluding carboxylic acids is 1. The SMILES string of the molecule is O=Cc1cnnn1-c1ccc(Cl)c(C(=O)O)c1. The number of carbonyl (C=O) groups is 2. The summed E-state index contributed by atoms with van der Waals surface area (Å²) in [6.07, 6.45) is 1.86. The van der Waals surface area contributed by atoms with Gasteiger partial charge in [0.25, 0.3) is 0 Å². The Bertz CT molecular complexity index is 594. The molecule has 1 N–H and O–H groups in total. The molecule has 0 fully saturated rings. The highest BCUT2D eigenvalue weighted by atomic mass is 35.5. The minimum Gasteiger partial charge on any atom is -0.478 e. The monoisotopic (exact) mass is 251 g/mol. The van der Waals surface area contributed by atoms with Crippen molar-refractivity contribution in [1.29, 1.82) is 0 Å². The summed E-state index contributed by atoms with van der Waals surface area (Å²) >= 11 is 5.73. The molecule has 6 nitrogen and oxygen atoms in total. The molecule has 0 saturated carbocycles. The van der Waals surface area contributed by atoms with Crippen molar-refractivity contribution in [3.63, 3.8) is 0 Å². The lowest BCUT2D eigenvalue weighted by molar-refractivity contribution is 0.0697. The summed E-state index contributed by atoms with van der Waals surface area (Å²) in [6.45, 7) is 0. The first-order chi connectivity index (χ1) is 8.13. The number of hydrogen-bond acceptors (Lipinski definition) is 4. The molecule has 0 amide bonds. The highest BCUT2D eigenvalue weighted by molar-refractivity contribution is 6.33. The van der Waals surface area contributed by atoms with Crippen LogP contribution in [0.5, 0.6) is 0 Å². The highest BCUT2D eigenvalue weighted by Crippen LogP contribution is 2.20. The minimum atomic E-state index is -1.15. The van der Waals surface area contributed by atoms with Crippen molar-refractivity contribution >= 4 is 23.9 Å². The number of nitrogens with zero attached hydrogens (tertiary/aromatic N) is 3. The predicted molar refractivity (Wildman–Crippen MR) is 58.7 cm³/mol. The van der Waals surface area contributed by atoms with Crippen molar-refractivity contribution in [3.05, 3.63) is 40.7 Å². The van der Waals surface area contributed by atoms with E-state index in [0.29, 0.717) is 12.0 Å². The van der Waals surface area contributed by atoms with E-state index < -0.39 is 5.97 Å². The molecule has 0 atom stereocenters. The van der Waals surface area contributed by atoms with Gasteiger partial charge in [-0.1, -0.05) is 16.8 Å². The molecule has 0 bridgehead atoms. The maximum atomic E-state index is 10.9. The normalized spacial score (nSPS) is 10.2. The molecule has 0 unspecified atom stereocenters. The number of aldehydes is 1. The van der Waals surface area contributed by atoms with E-state index in [1.54, 1.807) is 6.07 Å². The Morgan fingerprint density at radius 3 is 2.88 bits per heavy atom. The molecule has 2 rings (SSSR count). The molecule has 0 saturated heterocycles. The lowest BCUT2D eigenvalue weighted by Crippen LogP contribution is -2.04. The summed E-state index contributed by atoms with van der Waals surface area (Å²) in [5, 5.41) is 16.3. The Morgan fingerprint density at radius 1 is 1.47 bits per heavy atom. The average molecular weight is 252 g/mol. The summed E-state index contributed by atoms with van der Waals surface area (Å²) in [5.74, 6) is -1.15. The summed E-state index contributed by atoms with van der Waals surface area (Å²) in [4.78, 5) is 21.6. The number of aromatic nitrogens is 3. The van der Waals surface area contributed by atoms with Crippen molar-refractivity contribution in [2.75, 3.05) is 0 Å². The van der Waals surface area contributed by atoms with E-state index in [1.807, 2.05) is 0 Å². The average Bonchev–Trinajstić information content (AvgIpc) is 2.77. The Balaban J connectivity index is 2.57. The molecule has 0 spiro atoms. The number of hydrogen-bond donors (Lipinski definition) is 1. The number of halogens is 1. The first-order valence-corrected chi connectivity index (χ1v) is 4.90. The Labute approximate surface area is 100 Å². The van der Waals surface area contributed by atoms with Crippen molar-refractivity contribution in [3.8, 4) is 5.69 Å². The summed E-state index contributed by atoms with van der Waals surface area (Å²) in [5.41, 5.74) is 0.576. The predicted octanol–water partition coefficient (Wildman–Crippen LogP) is 1.43. The Morgan fingerprint density at radius 2 is 2.24 bits per heavy atom. The number of aromatic carboxylic acids is 1. The van der Waals surface area contributed by atoms with E-state index in [9.17, 15) is 9.59 Å². The molecule has 2 aromatic rings. The van der Waals surface area contributed by atoms with Crippen LogP contribution < -0.4 is 0 Å². The first-order valence-electron chi connectivity index (χ1n) is 4.52. The molecule has 0 aliphatic rings. The van der Waals surface area contributed by atoms with Gasteiger partial charge < -0.3 is 5.11 Å². The van der Waals surface area contributed by atoms with Crippen LogP contribution in [0.15, 0.2) is 24.4 Å². The van der Waals surface area contributed by atoms with E-state index in [2.05, 4.69) is 10.3 Å². The van der Waals surface area contributed by atoms with Crippen molar-refractivity contribution in [2.24, 2.45) is 0 Å². The van der Waals surface area contributed by atoms with E-state index in [0.717, 1.165) is 0 Å². The number of carboxylic acids is 1. The highest BCUT2D eigenvalue weighted by Gasteiger charge is 2.12. The molecule has 1 heterocycles. The van der Waals surface area contributed by atoms with E-state index in [1.165, 1.54) is 23.0 Å². The second-order valence-electron chi connectivity index (χ2n) is 3.16. The number of rotatable bonds is 3. The van der Waals surface area contributed by atoms with Gasteiger partial charge in [-0.3, -0.25) is 4.79 Å². The Kier molecular flexibility index (Phi) is 2.88. The number of carboxylic acid groups (broad SMARTS) is 1. The van der Waals surface area contributed by atoms with E-state index in [-0.39, 0.29) is 16.3 Å². The smallest absolute Gasteiger partial charge is 0.337 e. The third-order valence-corrected chi connectivity index (χ3v) is 2.45. The van der Waals surface area contributed by atoms with Crippen LogP contribution >= 0.6 is 11.6 Å². The molecule has 0 radical (unpaired) electrons. The molecular weight excluding hydrogens is 246 g/mol. The molecule has 86 valence electrons. The maximum Gasteiger partial charge on any atom is 0.337 e. The molecule has 1 aromatic carbocycles. The second kappa shape index (κ2) is 4.34. The van der Waals surface area contributed by atoms with Crippen LogP contribution in [0.25, 0.3) is 5.69 Å².